The van der Waals surface area contributed by atoms with Gasteiger partial charge in [-0.05, 0) is 61.7 Å². The van der Waals surface area contributed by atoms with Crippen molar-refractivity contribution >= 4 is 5.91 Å². The number of aromatic nitrogens is 1. The average Bonchev–Trinajstić information content (AvgIpc) is 3.22. The largest absolute Gasteiger partial charge is 0.493 e. The van der Waals surface area contributed by atoms with E-state index in [0.717, 1.165) is 30.5 Å². The van der Waals surface area contributed by atoms with Crippen molar-refractivity contribution in [1.82, 2.24) is 15.6 Å². The molecule has 1 aliphatic heterocycles. The fourth-order valence-corrected chi connectivity index (χ4v) is 3.02. The highest BCUT2D eigenvalue weighted by molar-refractivity contribution is 5.82. The molecule has 138 valence electrons. The maximum atomic E-state index is 12.3. The van der Waals surface area contributed by atoms with Gasteiger partial charge in [-0.3, -0.25) is 9.78 Å². The summed E-state index contributed by atoms with van der Waals surface area (Å²) in [7, 11) is 1.62. The van der Waals surface area contributed by atoms with Crippen molar-refractivity contribution in [3.63, 3.8) is 0 Å². The minimum atomic E-state index is -0.104. The Bertz CT molecular complexity index is 730. The molecule has 1 fully saturated rings. The van der Waals surface area contributed by atoms with E-state index in [9.17, 15) is 4.79 Å². The number of nitrogens with zero attached hydrogens (tertiary/aromatic N) is 1. The van der Waals surface area contributed by atoms with Crippen molar-refractivity contribution in [2.24, 2.45) is 0 Å². The molecular weight excluding hydrogens is 330 g/mol. The molecule has 2 N–H and O–H groups in total. The normalized spacial score (nSPS) is 17.5. The van der Waals surface area contributed by atoms with Gasteiger partial charge in [-0.2, -0.15) is 0 Å². The number of carbonyl (C=O) groups excluding carboxylic acids is 1. The lowest BCUT2D eigenvalue weighted by molar-refractivity contribution is -0.123. The molecule has 6 heteroatoms. The number of hydrogen-bond acceptors (Lipinski definition) is 5. The van der Waals surface area contributed by atoms with Gasteiger partial charge in [0.2, 0.25) is 5.91 Å². The Hall–Kier alpha value is -2.60. The summed E-state index contributed by atoms with van der Waals surface area (Å²) >= 11 is 0. The van der Waals surface area contributed by atoms with Crippen LogP contribution in [0.1, 0.15) is 36.9 Å². The molecule has 1 aliphatic rings. The lowest BCUT2D eigenvalue weighted by Gasteiger charge is -2.19. The van der Waals surface area contributed by atoms with Gasteiger partial charge in [-0.1, -0.05) is 6.07 Å². The molecule has 0 bridgehead atoms. The Morgan fingerprint density at radius 1 is 1.31 bits per heavy atom. The van der Waals surface area contributed by atoms with Gasteiger partial charge >= 0.3 is 0 Å². The first-order chi connectivity index (χ1) is 12.7. The molecule has 1 amide bonds. The van der Waals surface area contributed by atoms with Gasteiger partial charge < -0.3 is 20.1 Å². The highest BCUT2D eigenvalue weighted by Gasteiger charge is 2.23. The Morgan fingerprint density at radius 2 is 2.12 bits per heavy atom. The second kappa shape index (κ2) is 8.67. The van der Waals surface area contributed by atoms with Crippen LogP contribution in [-0.4, -0.2) is 30.6 Å². The molecule has 0 saturated carbocycles. The molecular formula is C20H25N3O3. The van der Waals surface area contributed by atoms with Crippen LogP contribution in [0.4, 0.5) is 0 Å². The van der Waals surface area contributed by atoms with E-state index in [1.165, 1.54) is 0 Å². The van der Waals surface area contributed by atoms with Crippen molar-refractivity contribution in [3.8, 4) is 11.5 Å². The second-order valence-electron chi connectivity index (χ2n) is 6.43. The summed E-state index contributed by atoms with van der Waals surface area (Å²) < 4.78 is 11.3. The van der Waals surface area contributed by atoms with Crippen molar-refractivity contribution < 1.29 is 14.3 Å². The second-order valence-corrected chi connectivity index (χ2v) is 6.43. The Morgan fingerprint density at radius 3 is 2.81 bits per heavy atom. The lowest BCUT2D eigenvalue weighted by atomic mass is 10.1. The molecule has 3 rings (SSSR count). The zero-order valence-electron chi connectivity index (χ0n) is 15.2. The Balaban J connectivity index is 1.64. The van der Waals surface area contributed by atoms with Gasteiger partial charge in [0, 0.05) is 12.4 Å². The van der Waals surface area contributed by atoms with Gasteiger partial charge in [0.15, 0.2) is 11.5 Å². The third-order valence-corrected chi connectivity index (χ3v) is 4.57. The summed E-state index contributed by atoms with van der Waals surface area (Å²) in [6.45, 7) is 3.32. The number of carbonyl (C=O) groups is 1. The number of benzene rings is 1. The Kier molecular flexibility index (Phi) is 6.07. The van der Waals surface area contributed by atoms with Crippen LogP contribution in [0, 0.1) is 0 Å². The topological polar surface area (TPSA) is 72.5 Å². The van der Waals surface area contributed by atoms with Crippen LogP contribution in [0.15, 0.2) is 42.7 Å². The molecule has 6 nitrogen and oxygen atoms in total. The highest BCUT2D eigenvalue weighted by Crippen LogP contribution is 2.31. The van der Waals surface area contributed by atoms with Crippen LogP contribution >= 0.6 is 0 Å². The van der Waals surface area contributed by atoms with Crippen LogP contribution in [-0.2, 0) is 11.4 Å². The van der Waals surface area contributed by atoms with E-state index in [1.807, 2.05) is 37.3 Å². The van der Waals surface area contributed by atoms with Crippen LogP contribution in [0.25, 0.3) is 0 Å². The summed E-state index contributed by atoms with van der Waals surface area (Å²) in [6.07, 6.45) is 5.42. The molecule has 2 atom stereocenters. The minimum absolute atomic E-state index is 0.0481. The molecule has 1 aromatic heterocycles. The molecule has 2 unspecified atom stereocenters. The van der Waals surface area contributed by atoms with Gasteiger partial charge in [-0.25, -0.2) is 0 Å². The lowest BCUT2D eigenvalue weighted by Crippen LogP contribution is -2.41. The summed E-state index contributed by atoms with van der Waals surface area (Å²) in [6, 6.07) is 9.39. The number of ether oxygens (including phenoxy) is 2. The van der Waals surface area contributed by atoms with E-state index in [0.29, 0.717) is 18.1 Å². The monoisotopic (exact) mass is 355 g/mol. The number of nitrogens with one attached hydrogen (secondary N) is 2. The van der Waals surface area contributed by atoms with Crippen molar-refractivity contribution in [1.29, 1.82) is 0 Å². The molecule has 1 aromatic carbocycles. The highest BCUT2D eigenvalue weighted by atomic mass is 16.5. The summed E-state index contributed by atoms with van der Waals surface area (Å²) in [5.41, 5.74) is 2.01. The number of hydrogen-bond donors (Lipinski definition) is 2. The molecule has 0 spiro atoms. The predicted octanol–water partition coefficient (Wildman–Crippen LogP) is 2.60. The molecule has 2 aromatic rings. The van der Waals surface area contributed by atoms with Crippen LogP contribution in [0.3, 0.4) is 0 Å². The first kappa shape index (κ1) is 18.2. The van der Waals surface area contributed by atoms with Crippen LogP contribution in [0.2, 0.25) is 0 Å². The van der Waals surface area contributed by atoms with E-state index in [1.54, 1.807) is 19.5 Å². The zero-order valence-corrected chi connectivity index (χ0v) is 15.2. The molecule has 0 radical (unpaired) electrons. The smallest absolute Gasteiger partial charge is 0.237 e. The fraction of sp³-hybridized carbons (Fsp3) is 0.400. The number of methoxy groups -OCH3 is 1. The van der Waals surface area contributed by atoms with Crippen molar-refractivity contribution in [2.45, 2.75) is 38.5 Å². The minimum Gasteiger partial charge on any atom is -0.493 e. The fourth-order valence-electron chi connectivity index (χ4n) is 3.02. The molecule has 1 saturated heterocycles. The Labute approximate surface area is 153 Å². The molecule has 0 aliphatic carbocycles. The van der Waals surface area contributed by atoms with Gasteiger partial charge in [0.05, 0.1) is 19.2 Å². The predicted molar refractivity (Wildman–Crippen MR) is 99.1 cm³/mol. The third kappa shape index (κ3) is 4.52. The first-order valence-corrected chi connectivity index (χ1v) is 8.91. The van der Waals surface area contributed by atoms with Gasteiger partial charge in [0.25, 0.3) is 0 Å². The number of amides is 1. The maximum absolute atomic E-state index is 12.3. The standard InChI is InChI=1S/C20H25N3O3/c1-14(23-20(24)17-4-3-9-22-17)16-5-6-18(19(12-16)25-2)26-13-15-7-10-21-11-8-15/h5-8,10-12,14,17,22H,3-4,9,13H2,1-2H3,(H,23,24). The SMILES string of the molecule is COc1cc(C(C)NC(=O)C2CCCN2)ccc1OCc1ccncc1. The molecule has 2 heterocycles. The van der Waals surface area contributed by atoms with E-state index < -0.39 is 0 Å². The number of pyridine rings is 1. The van der Waals surface area contributed by atoms with Crippen molar-refractivity contribution in [2.75, 3.05) is 13.7 Å². The van der Waals surface area contributed by atoms with Crippen LogP contribution < -0.4 is 20.1 Å². The van der Waals surface area contributed by atoms with Gasteiger partial charge in [-0.15, -0.1) is 0 Å². The first-order valence-electron chi connectivity index (χ1n) is 8.91. The summed E-state index contributed by atoms with van der Waals surface area (Å²) in [4.78, 5) is 16.3. The molecule has 26 heavy (non-hydrogen) atoms. The van der Waals surface area contributed by atoms with E-state index >= 15 is 0 Å². The van der Waals surface area contributed by atoms with E-state index in [2.05, 4.69) is 15.6 Å². The van der Waals surface area contributed by atoms with Crippen molar-refractivity contribution in [3.05, 3.63) is 53.9 Å². The number of rotatable bonds is 7. The summed E-state index contributed by atoms with van der Waals surface area (Å²) in [5.74, 6) is 1.37. The van der Waals surface area contributed by atoms with Crippen LogP contribution in [0.5, 0.6) is 11.5 Å². The third-order valence-electron chi connectivity index (χ3n) is 4.57. The quantitative estimate of drug-likeness (QED) is 0.799. The van der Waals surface area contributed by atoms with Gasteiger partial charge in [0.1, 0.15) is 6.61 Å². The van der Waals surface area contributed by atoms with E-state index in [-0.39, 0.29) is 18.0 Å². The zero-order chi connectivity index (χ0) is 18.4. The average molecular weight is 355 g/mol. The summed E-state index contributed by atoms with van der Waals surface area (Å²) in [5, 5.41) is 6.28. The van der Waals surface area contributed by atoms with E-state index in [4.69, 9.17) is 9.47 Å². The maximum Gasteiger partial charge on any atom is 0.237 e.